The van der Waals surface area contributed by atoms with Crippen LogP contribution in [0.2, 0.25) is 10.0 Å². The Morgan fingerprint density at radius 3 is 2.47 bits per heavy atom. The van der Waals surface area contributed by atoms with Crippen molar-refractivity contribution in [2.45, 2.75) is 58.5 Å². The average molecular weight is 530 g/mol. The number of ketones is 1. The van der Waals surface area contributed by atoms with Crippen molar-refractivity contribution in [3.8, 4) is 11.5 Å². The molecular formula is C28H29Cl2NO5. The molecule has 2 aliphatic rings. The molecule has 0 bridgehead atoms. The van der Waals surface area contributed by atoms with Crippen LogP contribution >= 0.6 is 23.2 Å². The second-order valence-electron chi connectivity index (χ2n) is 9.31. The van der Waals surface area contributed by atoms with E-state index < -0.39 is 11.9 Å². The lowest BCUT2D eigenvalue weighted by atomic mass is 9.71. The summed E-state index contributed by atoms with van der Waals surface area (Å²) in [4.78, 5) is 27.0. The number of benzene rings is 2. The minimum absolute atomic E-state index is 0.0268. The standard InChI is InChI=1S/C28H29Cl2NO5/c1-5-35-23-13-18(10-20(30)27(23)33)25-24(28(34)36-14(2)3)15(4)31-21-11-17(12-22(32)26(21)25)16-6-8-19(29)9-7-16/h6-10,13-14,17,25,31,33H,5,11-12H2,1-4H3/t17-,25+/m0/s1. The van der Waals surface area contributed by atoms with Gasteiger partial charge in [0.1, 0.15) is 0 Å². The van der Waals surface area contributed by atoms with E-state index in [4.69, 9.17) is 32.7 Å². The van der Waals surface area contributed by atoms with E-state index in [1.54, 1.807) is 39.8 Å². The number of allylic oxidation sites excluding steroid dienone is 3. The highest BCUT2D eigenvalue weighted by Crippen LogP contribution is 2.48. The van der Waals surface area contributed by atoms with Gasteiger partial charge in [-0.05, 0) is 75.4 Å². The summed E-state index contributed by atoms with van der Waals surface area (Å²) in [6.45, 7) is 7.46. The largest absolute Gasteiger partial charge is 0.503 e. The summed E-state index contributed by atoms with van der Waals surface area (Å²) in [6, 6.07) is 10.7. The number of nitrogens with one attached hydrogen (secondary N) is 1. The van der Waals surface area contributed by atoms with Crippen LogP contribution in [0.5, 0.6) is 11.5 Å². The van der Waals surface area contributed by atoms with Crippen molar-refractivity contribution in [1.29, 1.82) is 0 Å². The van der Waals surface area contributed by atoms with Crippen molar-refractivity contribution in [2.24, 2.45) is 0 Å². The molecule has 1 aliphatic carbocycles. The van der Waals surface area contributed by atoms with E-state index in [1.807, 2.05) is 24.3 Å². The van der Waals surface area contributed by atoms with Crippen molar-refractivity contribution < 1.29 is 24.2 Å². The predicted octanol–water partition coefficient (Wildman–Crippen LogP) is 6.41. The highest BCUT2D eigenvalue weighted by molar-refractivity contribution is 6.32. The number of rotatable bonds is 6. The van der Waals surface area contributed by atoms with Crippen molar-refractivity contribution in [3.63, 3.8) is 0 Å². The molecule has 2 aromatic carbocycles. The fraction of sp³-hybridized carbons (Fsp3) is 0.357. The maximum absolute atomic E-state index is 13.7. The first kappa shape index (κ1) is 26.1. The van der Waals surface area contributed by atoms with Crippen LogP contribution in [0.15, 0.2) is 58.9 Å². The molecule has 0 aromatic heterocycles. The topological polar surface area (TPSA) is 84.9 Å². The smallest absolute Gasteiger partial charge is 0.337 e. The van der Waals surface area contributed by atoms with E-state index in [2.05, 4.69) is 5.32 Å². The lowest BCUT2D eigenvalue weighted by Crippen LogP contribution is -2.36. The van der Waals surface area contributed by atoms with Crippen molar-refractivity contribution in [3.05, 3.63) is 80.1 Å². The van der Waals surface area contributed by atoms with E-state index >= 15 is 0 Å². The van der Waals surface area contributed by atoms with Gasteiger partial charge < -0.3 is 19.9 Å². The van der Waals surface area contributed by atoms with Gasteiger partial charge in [0.25, 0.3) is 0 Å². The number of carbonyl (C=O) groups excluding carboxylic acids is 2. The summed E-state index contributed by atoms with van der Waals surface area (Å²) >= 11 is 12.4. The number of carbonyl (C=O) groups is 2. The van der Waals surface area contributed by atoms with Crippen LogP contribution in [0, 0.1) is 0 Å². The molecule has 1 heterocycles. The molecule has 0 amide bonds. The molecule has 4 rings (SSSR count). The normalized spacial score (nSPS) is 19.8. The first-order valence-corrected chi connectivity index (χ1v) is 12.7. The van der Waals surface area contributed by atoms with Crippen LogP contribution < -0.4 is 10.1 Å². The second kappa shape index (κ2) is 10.6. The number of phenols is 1. The Hall–Kier alpha value is -2.96. The SMILES string of the molecule is CCOc1cc([C@@H]2C(C(=O)OC(C)C)=C(C)NC3=C2C(=O)C[C@@H](c2ccc(Cl)cc2)C3)cc(Cl)c1O. The lowest BCUT2D eigenvalue weighted by molar-refractivity contribution is -0.143. The Morgan fingerprint density at radius 2 is 1.83 bits per heavy atom. The highest BCUT2D eigenvalue weighted by atomic mass is 35.5. The fourth-order valence-electron chi connectivity index (χ4n) is 4.92. The van der Waals surface area contributed by atoms with Gasteiger partial charge in [-0.15, -0.1) is 0 Å². The molecule has 0 radical (unpaired) electrons. The molecule has 0 unspecified atom stereocenters. The zero-order chi connectivity index (χ0) is 26.1. The molecule has 0 fully saturated rings. The monoisotopic (exact) mass is 529 g/mol. The minimum atomic E-state index is -0.719. The Kier molecular flexibility index (Phi) is 7.67. The maximum atomic E-state index is 13.7. The van der Waals surface area contributed by atoms with Crippen LogP contribution in [-0.2, 0) is 14.3 Å². The molecule has 2 aromatic rings. The van der Waals surface area contributed by atoms with Gasteiger partial charge >= 0.3 is 5.97 Å². The molecule has 0 spiro atoms. The number of hydrogen-bond acceptors (Lipinski definition) is 6. The summed E-state index contributed by atoms with van der Waals surface area (Å²) in [7, 11) is 0. The number of phenolic OH excluding ortho intramolecular Hbond substituents is 1. The van der Waals surface area contributed by atoms with Gasteiger partial charge in [-0.1, -0.05) is 35.3 Å². The molecule has 2 N–H and O–H groups in total. The number of hydrogen-bond donors (Lipinski definition) is 2. The Morgan fingerprint density at radius 1 is 1.14 bits per heavy atom. The zero-order valence-corrected chi connectivity index (χ0v) is 22.2. The second-order valence-corrected chi connectivity index (χ2v) is 10.1. The van der Waals surface area contributed by atoms with Gasteiger partial charge in [0.2, 0.25) is 0 Å². The van der Waals surface area contributed by atoms with Crippen molar-refractivity contribution in [2.75, 3.05) is 6.61 Å². The van der Waals surface area contributed by atoms with E-state index in [0.717, 1.165) is 11.3 Å². The Labute approximate surface area is 220 Å². The third-order valence-electron chi connectivity index (χ3n) is 6.42. The number of dihydropyridines is 1. The highest BCUT2D eigenvalue weighted by Gasteiger charge is 2.42. The molecular weight excluding hydrogens is 501 g/mol. The van der Waals surface area contributed by atoms with Gasteiger partial charge in [0.15, 0.2) is 17.3 Å². The number of ether oxygens (including phenoxy) is 2. The number of Topliss-reactive ketones (excluding diaryl/α,β-unsaturated/α-hetero) is 1. The van der Waals surface area contributed by atoms with Crippen LogP contribution in [0.25, 0.3) is 0 Å². The van der Waals surface area contributed by atoms with Gasteiger partial charge in [0, 0.05) is 34.3 Å². The van der Waals surface area contributed by atoms with Crippen molar-refractivity contribution in [1.82, 2.24) is 5.32 Å². The first-order chi connectivity index (χ1) is 17.1. The summed E-state index contributed by atoms with van der Waals surface area (Å²) in [5.74, 6) is -1.32. The lowest BCUT2D eigenvalue weighted by Gasteiger charge is -2.37. The fourth-order valence-corrected chi connectivity index (χ4v) is 5.26. The van der Waals surface area contributed by atoms with Gasteiger partial charge in [-0.3, -0.25) is 4.79 Å². The predicted molar refractivity (Wildman–Crippen MR) is 140 cm³/mol. The summed E-state index contributed by atoms with van der Waals surface area (Å²) < 4.78 is 11.2. The molecule has 1 aliphatic heterocycles. The average Bonchev–Trinajstić information content (AvgIpc) is 2.81. The molecule has 8 heteroatoms. The minimum Gasteiger partial charge on any atom is -0.503 e. The molecule has 190 valence electrons. The van der Waals surface area contributed by atoms with Gasteiger partial charge in [0.05, 0.1) is 23.3 Å². The van der Waals surface area contributed by atoms with E-state index in [9.17, 15) is 14.7 Å². The van der Waals surface area contributed by atoms with E-state index in [0.29, 0.717) is 40.5 Å². The molecule has 6 nitrogen and oxygen atoms in total. The quantitative estimate of drug-likeness (QED) is 0.420. The van der Waals surface area contributed by atoms with Crippen LogP contribution in [0.1, 0.15) is 63.5 Å². The Bertz CT molecular complexity index is 1260. The van der Waals surface area contributed by atoms with E-state index in [1.165, 1.54) is 0 Å². The van der Waals surface area contributed by atoms with Crippen molar-refractivity contribution >= 4 is 35.0 Å². The van der Waals surface area contributed by atoms with Crippen LogP contribution in [-0.4, -0.2) is 29.6 Å². The number of halogens is 2. The molecule has 0 saturated heterocycles. The Balaban J connectivity index is 1.85. The van der Waals surface area contributed by atoms with Crippen LogP contribution in [0.3, 0.4) is 0 Å². The van der Waals surface area contributed by atoms with E-state index in [-0.39, 0.29) is 40.7 Å². The zero-order valence-electron chi connectivity index (χ0n) is 20.7. The third kappa shape index (κ3) is 5.11. The summed E-state index contributed by atoms with van der Waals surface area (Å²) in [5.41, 5.74) is 3.81. The summed E-state index contributed by atoms with van der Waals surface area (Å²) in [5, 5.41) is 14.4. The van der Waals surface area contributed by atoms with Crippen LogP contribution in [0.4, 0.5) is 0 Å². The summed E-state index contributed by atoms with van der Waals surface area (Å²) in [6.07, 6.45) is 0.536. The number of esters is 1. The maximum Gasteiger partial charge on any atom is 0.337 e. The first-order valence-electron chi connectivity index (χ1n) is 12.0. The molecule has 2 atom stereocenters. The molecule has 0 saturated carbocycles. The third-order valence-corrected chi connectivity index (χ3v) is 6.96. The van der Waals surface area contributed by atoms with Gasteiger partial charge in [-0.25, -0.2) is 4.79 Å². The van der Waals surface area contributed by atoms with Gasteiger partial charge in [-0.2, -0.15) is 0 Å². The molecule has 36 heavy (non-hydrogen) atoms. The number of aromatic hydroxyl groups is 1.